The highest BCUT2D eigenvalue weighted by Gasteiger charge is 2.28. The van der Waals surface area contributed by atoms with Gasteiger partial charge in [-0.15, -0.1) is 0 Å². The first kappa shape index (κ1) is 55.9. The van der Waals surface area contributed by atoms with Crippen molar-refractivity contribution in [3.63, 3.8) is 0 Å². The second-order valence-electron chi connectivity index (χ2n) is 15.3. The maximum absolute atomic E-state index is 12.7. The molecule has 57 heavy (non-hydrogen) atoms. The van der Waals surface area contributed by atoms with Gasteiger partial charge in [-0.2, -0.15) is 0 Å². The van der Waals surface area contributed by atoms with Gasteiger partial charge in [0.1, 0.15) is 12.7 Å². The van der Waals surface area contributed by atoms with Crippen LogP contribution >= 0.6 is 15.6 Å². The fourth-order valence-corrected chi connectivity index (χ4v) is 7.38. The van der Waals surface area contributed by atoms with Gasteiger partial charge in [0.15, 0.2) is 6.10 Å². The molecule has 0 aliphatic carbocycles. The minimum absolute atomic E-state index is 0.136. The minimum atomic E-state index is -4.86. The second-order valence-corrected chi connectivity index (χ2v) is 18.0. The van der Waals surface area contributed by atoms with Crippen LogP contribution in [0.4, 0.5) is 0 Å². The van der Waals surface area contributed by atoms with Crippen molar-refractivity contribution in [3.8, 4) is 0 Å². The van der Waals surface area contributed by atoms with E-state index in [0.717, 1.165) is 44.9 Å². The average molecular weight is 857 g/mol. The van der Waals surface area contributed by atoms with Crippen LogP contribution in [0, 0.1) is 0 Å². The van der Waals surface area contributed by atoms with E-state index in [1.54, 1.807) is 0 Å². The van der Waals surface area contributed by atoms with Gasteiger partial charge in [-0.25, -0.2) is 9.13 Å². The molecule has 4 N–H and O–H groups in total. The van der Waals surface area contributed by atoms with Gasteiger partial charge < -0.3 is 29.3 Å². The summed E-state index contributed by atoms with van der Waals surface area (Å²) in [6.07, 6.45) is 34.8. The van der Waals surface area contributed by atoms with Crippen molar-refractivity contribution < 1.29 is 61.6 Å². The van der Waals surface area contributed by atoms with Crippen LogP contribution in [0.1, 0.15) is 206 Å². The van der Waals surface area contributed by atoms with Gasteiger partial charge in [0.25, 0.3) is 0 Å². The number of aliphatic hydroxyl groups excluding tert-OH is 1. The molecule has 13 nitrogen and oxygen atoms in total. The zero-order valence-electron chi connectivity index (χ0n) is 35.7. The third-order valence-corrected chi connectivity index (χ3v) is 11.1. The summed E-state index contributed by atoms with van der Waals surface area (Å²) >= 11 is 0. The molecule has 0 aliphatic rings. The Hall–Kier alpha value is -1.14. The highest BCUT2D eigenvalue weighted by molar-refractivity contribution is 7.47. The van der Waals surface area contributed by atoms with Gasteiger partial charge in [0.2, 0.25) is 0 Å². The van der Waals surface area contributed by atoms with E-state index in [1.165, 1.54) is 122 Å². The predicted octanol–water partition coefficient (Wildman–Crippen LogP) is 11.3. The lowest BCUT2D eigenvalue weighted by Gasteiger charge is -2.20. The van der Waals surface area contributed by atoms with Crippen LogP contribution in [-0.4, -0.2) is 70.4 Å². The summed E-state index contributed by atoms with van der Waals surface area (Å²) < 4.78 is 47.8. The summed E-state index contributed by atoms with van der Waals surface area (Å²) in [5, 5.41) is 9.74. The number of allylic oxidation sites excluding steroid dienone is 2. The fraction of sp³-hybridized carbons (Fsp3) is 0.905. The fourth-order valence-electron chi connectivity index (χ4n) is 6.23. The van der Waals surface area contributed by atoms with Crippen molar-refractivity contribution in [1.82, 2.24) is 0 Å². The number of phosphoric ester groups is 2. The molecule has 0 rings (SSSR count). The van der Waals surface area contributed by atoms with Crippen LogP contribution in [-0.2, 0) is 41.8 Å². The Morgan fingerprint density at radius 3 is 1.32 bits per heavy atom. The molecule has 0 spiro atoms. The van der Waals surface area contributed by atoms with Crippen molar-refractivity contribution >= 4 is 27.6 Å². The molecule has 3 unspecified atom stereocenters. The predicted molar refractivity (Wildman–Crippen MR) is 226 cm³/mol. The molecule has 15 heteroatoms. The molecule has 0 radical (unpaired) electrons. The largest absolute Gasteiger partial charge is 0.472 e. The Bertz CT molecular complexity index is 1070. The standard InChI is InChI=1S/C42H82O13P2/c1-3-5-7-9-11-13-15-17-19-21-23-25-27-29-31-33-41(44)51-37-40(38-54-57(49,50)53-36-39(43)35-52-56(46,47)48)55-42(45)34-32-30-28-26-24-22-20-18-16-14-12-10-8-6-4-2/h13,15,39-40,43H,3-12,14,16-38H2,1-2H3,(H,49,50)(H2,46,47,48). The molecule has 0 aromatic carbocycles. The zero-order valence-corrected chi connectivity index (χ0v) is 37.5. The van der Waals surface area contributed by atoms with Crippen LogP contribution in [0.2, 0.25) is 0 Å². The summed E-state index contributed by atoms with van der Waals surface area (Å²) in [7, 11) is -9.66. The maximum Gasteiger partial charge on any atom is 0.472 e. The Morgan fingerprint density at radius 1 is 0.491 bits per heavy atom. The molecule has 0 aromatic heterocycles. The SMILES string of the molecule is CCCCCCC=CCCCCCCCCCC(=O)OCC(COP(=O)(O)OCC(O)COP(=O)(O)O)OC(=O)CCCCCCCCCCCCCCCCC. The lowest BCUT2D eigenvalue weighted by molar-refractivity contribution is -0.161. The first-order chi connectivity index (χ1) is 27.4. The van der Waals surface area contributed by atoms with E-state index >= 15 is 0 Å². The Morgan fingerprint density at radius 2 is 0.860 bits per heavy atom. The van der Waals surface area contributed by atoms with E-state index in [9.17, 15) is 28.7 Å². The smallest absolute Gasteiger partial charge is 0.462 e. The van der Waals surface area contributed by atoms with Gasteiger partial charge in [-0.3, -0.25) is 23.2 Å². The number of aliphatic hydroxyl groups is 1. The Balaban J connectivity index is 4.48. The van der Waals surface area contributed by atoms with Gasteiger partial charge in [-0.05, 0) is 38.5 Å². The number of unbranched alkanes of at least 4 members (excludes halogenated alkanes) is 25. The highest BCUT2D eigenvalue weighted by atomic mass is 31.2. The number of carbonyl (C=O) groups is 2. The highest BCUT2D eigenvalue weighted by Crippen LogP contribution is 2.43. The van der Waals surface area contributed by atoms with Crippen molar-refractivity contribution in [2.75, 3.05) is 26.4 Å². The maximum atomic E-state index is 12.7. The monoisotopic (exact) mass is 857 g/mol. The lowest BCUT2D eigenvalue weighted by Crippen LogP contribution is -2.30. The van der Waals surface area contributed by atoms with Crippen molar-refractivity contribution in [3.05, 3.63) is 12.2 Å². The second kappa shape index (κ2) is 39.0. The molecule has 0 saturated carbocycles. The quantitative estimate of drug-likeness (QED) is 0.0196. The molecule has 0 bridgehead atoms. The average Bonchev–Trinajstić information content (AvgIpc) is 3.17. The normalized spacial score (nSPS) is 14.1. The van der Waals surface area contributed by atoms with E-state index in [1.807, 2.05) is 0 Å². The number of ether oxygens (including phenoxy) is 2. The third-order valence-electron chi connectivity index (χ3n) is 9.64. The number of hydrogen-bond acceptors (Lipinski definition) is 10. The first-order valence-electron chi connectivity index (χ1n) is 22.4. The molecule has 3 atom stereocenters. The third kappa shape index (κ3) is 42.8. The van der Waals surface area contributed by atoms with Gasteiger partial charge in [0, 0.05) is 12.8 Å². The molecule has 0 aromatic rings. The molecule has 0 aliphatic heterocycles. The van der Waals surface area contributed by atoms with Crippen molar-refractivity contribution in [1.29, 1.82) is 0 Å². The van der Waals surface area contributed by atoms with Gasteiger partial charge >= 0.3 is 27.6 Å². The molecule has 0 fully saturated rings. The van der Waals surface area contributed by atoms with Crippen molar-refractivity contribution in [2.24, 2.45) is 0 Å². The van der Waals surface area contributed by atoms with Gasteiger partial charge in [-0.1, -0.05) is 167 Å². The zero-order chi connectivity index (χ0) is 42.3. The van der Waals surface area contributed by atoms with E-state index in [0.29, 0.717) is 12.8 Å². The van der Waals surface area contributed by atoms with Crippen LogP contribution in [0.5, 0.6) is 0 Å². The molecular weight excluding hydrogens is 774 g/mol. The Kier molecular flexibility index (Phi) is 38.2. The number of esters is 2. The van der Waals surface area contributed by atoms with Crippen LogP contribution in [0.3, 0.4) is 0 Å². The summed E-state index contributed by atoms with van der Waals surface area (Å²) in [5.41, 5.74) is 0. The van der Waals surface area contributed by atoms with E-state index in [2.05, 4.69) is 35.0 Å². The summed E-state index contributed by atoms with van der Waals surface area (Å²) in [6.45, 7) is 1.78. The van der Waals surface area contributed by atoms with Crippen LogP contribution in [0.15, 0.2) is 12.2 Å². The van der Waals surface area contributed by atoms with E-state index in [4.69, 9.17) is 23.8 Å². The van der Waals surface area contributed by atoms with Crippen LogP contribution in [0.25, 0.3) is 0 Å². The summed E-state index contributed by atoms with van der Waals surface area (Å²) in [6, 6.07) is 0. The molecule has 0 heterocycles. The number of phosphoric acid groups is 2. The van der Waals surface area contributed by atoms with Crippen molar-refractivity contribution in [2.45, 2.75) is 219 Å². The molecular formula is C42H82O13P2. The minimum Gasteiger partial charge on any atom is -0.462 e. The summed E-state index contributed by atoms with van der Waals surface area (Å²) in [5.74, 6) is -1.02. The van der Waals surface area contributed by atoms with E-state index < -0.39 is 59.6 Å². The summed E-state index contributed by atoms with van der Waals surface area (Å²) in [4.78, 5) is 52.7. The lowest BCUT2D eigenvalue weighted by atomic mass is 10.0. The Labute approximate surface area is 345 Å². The topological polar surface area (TPSA) is 195 Å². The van der Waals surface area contributed by atoms with Gasteiger partial charge in [0.05, 0.1) is 19.8 Å². The number of hydrogen-bond donors (Lipinski definition) is 4. The number of carbonyl (C=O) groups excluding carboxylic acids is 2. The molecule has 0 saturated heterocycles. The molecule has 338 valence electrons. The first-order valence-corrected chi connectivity index (χ1v) is 25.4. The van der Waals surface area contributed by atoms with Crippen LogP contribution < -0.4 is 0 Å². The number of rotatable bonds is 43. The molecule has 0 amide bonds. The van der Waals surface area contributed by atoms with E-state index in [-0.39, 0.29) is 19.4 Å².